The van der Waals surface area contributed by atoms with Crippen LogP contribution >= 0.6 is 0 Å². The van der Waals surface area contributed by atoms with Crippen LogP contribution in [0.5, 0.6) is 5.75 Å². The molecule has 1 atom stereocenters. The van der Waals surface area contributed by atoms with Gasteiger partial charge in [-0.05, 0) is 30.3 Å². The number of sulfonamides is 1. The van der Waals surface area contributed by atoms with E-state index in [-0.39, 0.29) is 34.7 Å². The van der Waals surface area contributed by atoms with Gasteiger partial charge < -0.3 is 9.47 Å². The summed E-state index contributed by atoms with van der Waals surface area (Å²) in [5, 5.41) is 11.3. The summed E-state index contributed by atoms with van der Waals surface area (Å²) >= 11 is 0. The van der Waals surface area contributed by atoms with Gasteiger partial charge >= 0.3 is 0 Å². The Morgan fingerprint density at radius 2 is 1.67 bits per heavy atom. The lowest BCUT2D eigenvalue weighted by Crippen LogP contribution is -2.27. The van der Waals surface area contributed by atoms with Crippen LogP contribution in [0, 0.1) is 10.1 Å². The maximum atomic E-state index is 13.6. The predicted molar refractivity (Wildman–Crippen MR) is 111 cm³/mol. The Kier molecular flexibility index (Phi) is 5.39. The van der Waals surface area contributed by atoms with Crippen molar-refractivity contribution in [3.8, 4) is 5.75 Å². The molecule has 0 bridgehead atoms. The van der Waals surface area contributed by atoms with Gasteiger partial charge in [-0.25, -0.2) is 12.7 Å². The second-order valence-electron chi connectivity index (χ2n) is 6.59. The van der Waals surface area contributed by atoms with Crippen molar-refractivity contribution in [2.45, 2.75) is 11.0 Å². The summed E-state index contributed by atoms with van der Waals surface area (Å²) < 4.78 is 39.2. The van der Waals surface area contributed by atoms with Crippen LogP contribution in [0.25, 0.3) is 0 Å². The van der Waals surface area contributed by atoms with E-state index >= 15 is 0 Å². The molecule has 0 spiro atoms. The van der Waals surface area contributed by atoms with Gasteiger partial charge in [-0.3, -0.25) is 10.1 Å². The zero-order valence-corrected chi connectivity index (χ0v) is 16.6. The number of ether oxygens (including phenoxy) is 2. The average molecular weight is 426 g/mol. The summed E-state index contributed by atoms with van der Waals surface area (Å²) in [5.74, 6) is 0.0862. The molecule has 0 aromatic heterocycles. The van der Waals surface area contributed by atoms with Crippen LogP contribution < -0.4 is 9.04 Å². The SMILES string of the molecule is O=[N+]([O-])c1ccc(N(c2ccccc2)S(=O)(=O)c2ccccc2)c(OCC2CO2)c1. The monoisotopic (exact) mass is 426 g/mol. The van der Waals surface area contributed by atoms with Crippen LogP contribution in [0.2, 0.25) is 0 Å². The molecular formula is C21H18N2O6S. The molecule has 3 aromatic rings. The van der Waals surface area contributed by atoms with Crippen molar-refractivity contribution in [3.05, 3.63) is 89.0 Å². The van der Waals surface area contributed by atoms with Gasteiger partial charge in [0.1, 0.15) is 12.7 Å². The van der Waals surface area contributed by atoms with Crippen molar-refractivity contribution < 1.29 is 22.8 Å². The average Bonchev–Trinajstić information content (AvgIpc) is 3.59. The molecule has 1 fully saturated rings. The van der Waals surface area contributed by atoms with Gasteiger partial charge in [-0.15, -0.1) is 0 Å². The summed E-state index contributed by atoms with van der Waals surface area (Å²) in [5.41, 5.74) is 0.356. The summed E-state index contributed by atoms with van der Waals surface area (Å²) in [6.45, 7) is 0.706. The lowest BCUT2D eigenvalue weighted by Gasteiger charge is -2.26. The number of epoxide rings is 1. The molecule has 0 saturated carbocycles. The van der Waals surface area contributed by atoms with E-state index in [1.807, 2.05) is 0 Å². The van der Waals surface area contributed by atoms with Crippen LogP contribution in [0.3, 0.4) is 0 Å². The molecule has 1 aliphatic heterocycles. The standard InChI is InChI=1S/C21H18N2O6S/c24-23(25)17-11-12-20(21(13-17)29-15-18-14-28-18)22(16-7-3-1-4-8-16)30(26,27)19-9-5-2-6-10-19/h1-13,18H,14-15H2. The maximum absolute atomic E-state index is 13.6. The van der Waals surface area contributed by atoms with Gasteiger partial charge in [-0.1, -0.05) is 36.4 Å². The molecule has 154 valence electrons. The van der Waals surface area contributed by atoms with Crippen LogP contribution in [0.4, 0.5) is 17.1 Å². The Balaban J connectivity index is 1.87. The molecule has 9 heteroatoms. The minimum Gasteiger partial charge on any atom is -0.488 e. The largest absolute Gasteiger partial charge is 0.488 e. The third kappa shape index (κ3) is 4.12. The normalized spacial score (nSPS) is 15.4. The number of nitro benzene ring substituents is 1. The van der Waals surface area contributed by atoms with E-state index < -0.39 is 14.9 Å². The fraction of sp³-hybridized carbons (Fsp3) is 0.143. The first-order chi connectivity index (χ1) is 14.5. The summed E-state index contributed by atoms with van der Waals surface area (Å²) in [6.07, 6.45) is -0.104. The number of anilines is 2. The minimum absolute atomic E-state index is 0.0862. The topological polar surface area (TPSA) is 102 Å². The van der Waals surface area contributed by atoms with Gasteiger partial charge in [0.2, 0.25) is 0 Å². The van der Waals surface area contributed by atoms with Crippen molar-refractivity contribution in [2.75, 3.05) is 17.5 Å². The van der Waals surface area contributed by atoms with Gasteiger partial charge in [-0.2, -0.15) is 0 Å². The number of para-hydroxylation sites is 1. The number of rotatable bonds is 8. The molecule has 8 nitrogen and oxygen atoms in total. The number of hydrogen-bond acceptors (Lipinski definition) is 6. The van der Waals surface area contributed by atoms with E-state index in [0.717, 1.165) is 4.31 Å². The summed E-state index contributed by atoms with van der Waals surface area (Å²) in [7, 11) is -4.03. The number of nitro groups is 1. The Morgan fingerprint density at radius 1 is 1.03 bits per heavy atom. The maximum Gasteiger partial charge on any atom is 0.273 e. The third-order valence-corrected chi connectivity index (χ3v) is 6.23. The van der Waals surface area contributed by atoms with Crippen molar-refractivity contribution in [1.82, 2.24) is 0 Å². The molecule has 4 rings (SSSR count). The molecule has 3 aromatic carbocycles. The van der Waals surface area contributed by atoms with Crippen molar-refractivity contribution in [2.24, 2.45) is 0 Å². The molecule has 0 aliphatic carbocycles. The fourth-order valence-corrected chi connectivity index (χ4v) is 4.44. The molecule has 0 amide bonds. The molecule has 30 heavy (non-hydrogen) atoms. The highest BCUT2D eigenvalue weighted by Gasteiger charge is 2.31. The van der Waals surface area contributed by atoms with Crippen molar-refractivity contribution in [1.29, 1.82) is 0 Å². The number of hydrogen-bond donors (Lipinski definition) is 0. The van der Waals surface area contributed by atoms with Crippen molar-refractivity contribution >= 4 is 27.1 Å². The highest BCUT2D eigenvalue weighted by atomic mass is 32.2. The van der Waals surface area contributed by atoms with Crippen LogP contribution in [0.15, 0.2) is 83.8 Å². The van der Waals surface area contributed by atoms with Gasteiger partial charge in [0.25, 0.3) is 15.7 Å². The van der Waals surface area contributed by atoms with E-state index in [9.17, 15) is 18.5 Å². The van der Waals surface area contributed by atoms with Gasteiger partial charge in [0.15, 0.2) is 5.75 Å². The second-order valence-corrected chi connectivity index (χ2v) is 8.38. The minimum atomic E-state index is -4.03. The molecular weight excluding hydrogens is 408 g/mol. The highest BCUT2D eigenvalue weighted by molar-refractivity contribution is 7.93. The summed E-state index contributed by atoms with van der Waals surface area (Å²) in [4.78, 5) is 10.8. The van der Waals surface area contributed by atoms with E-state index in [1.54, 1.807) is 48.5 Å². The first-order valence-electron chi connectivity index (χ1n) is 9.15. The third-order valence-electron chi connectivity index (χ3n) is 4.47. The zero-order chi connectivity index (χ0) is 21.1. The molecule has 0 radical (unpaired) electrons. The van der Waals surface area contributed by atoms with Gasteiger partial charge in [0, 0.05) is 6.07 Å². The smallest absolute Gasteiger partial charge is 0.273 e. The Bertz CT molecular complexity index is 1150. The lowest BCUT2D eigenvalue weighted by atomic mass is 10.2. The van der Waals surface area contributed by atoms with E-state index in [2.05, 4.69) is 0 Å². The quantitative estimate of drug-likeness (QED) is 0.308. The Hall–Kier alpha value is -3.43. The first kappa shape index (κ1) is 19.9. The highest BCUT2D eigenvalue weighted by Crippen LogP contribution is 2.40. The van der Waals surface area contributed by atoms with Gasteiger partial charge in [0.05, 0.1) is 33.9 Å². The predicted octanol–water partition coefficient (Wildman–Crippen LogP) is 3.90. The Labute approximate surface area is 173 Å². The molecule has 0 N–H and O–H groups in total. The van der Waals surface area contributed by atoms with E-state index in [0.29, 0.717) is 12.3 Å². The fourth-order valence-electron chi connectivity index (χ4n) is 2.92. The second kappa shape index (κ2) is 8.13. The molecule has 1 unspecified atom stereocenters. The Morgan fingerprint density at radius 3 is 2.27 bits per heavy atom. The number of benzene rings is 3. The summed E-state index contributed by atoms with van der Waals surface area (Å²) in [6, 6.07) is 20.3. The molecule has 1 aliphatic rings. The van der Waals surface area contributed by atoms with Crippen LogP contribution in [-0.4, -0.2) is 32.7 Å². The number of nitrogens with zero attached hydrogens (tertiary/aromatic N) is 2. The molecule has 1 heterocycles. The van der Waals surface area contributed by atoms with Crippen LogP contribution in [0.1, 0.15) is 0 Å². The number of non-ortho nitro benzene ring substituents is 1. The lowest BCUT2D eigenvalue weighted by molar-refractivity contribution is -0.384. The van der Waals surface area contributed by atoms with E-state index in [1.165, 1.54) is 30.3 Å². The molecule has 1 saturated heterocycles. The van der Waals surface area contributed by atoms with Crippen molar-refractivity contribution in [3.63, 3.8) is 0 Å². The van der Waals surface area contributed by atoms with E-state index in [4.69, 9.17) is 9.47 Å². The first-order valence-corrected chi connectivity index (χ1v) is 10.6. The zero-order valence-electron chi connectivity index (χ0n) is 15.7. The van der Waals surface area contributed by atoms with Crippen LogP contribution in [-0.2, 0) is 14.8 Å².